The second kappa shape index (κ2) is 4.55. The van der Waals surface area contributed by atoms with E-state index < -0.39 is 5.82 Å². The standard InChI is InChI=1S/C9H9FINO/c1-2-12-9(13)7-4-3-6(11)5-8(7)10/h3-5H,2H2,1H3,(H,12,13). The van der Waals surface area contributed by atoms with Crippen LogP contribution in [0.2, 0.25) is 0 Å². The largest absolute Gasteiger partial charge is 0.352 e. The van der Waals surface area contributed by atoms with Crippen molar-refractivity contribution in [2.45, 2.75) is 6.92 Å². The van der Waals surface area contributed by atoms with Crippen molar-refractivity contribution in [1.82, 2.24) is 5.32 Å². The van der Waals surface area contributed by atoms with Crippen LogP contribution in [0.4, 0.5) is 4.39 Å². The number of amides is 1. The van der Waals surface area contributed by atoms with Crippen LogP contribution in [0.15, 0.2) is 18.2 Å². The van der Waals surface area contributed by atoms with Crippen LogP contribution >= 0.6 is 22.6 Å². The summed E-state index contributed by atoms with van der Waals surface area (Å²) in [6.07, 6.45) is 0. The third-order valence-electron chi connectivity index (χ3n) is 1.51. The monoisotopic (exact) mass is 293 g/mol. The lowest BCUT2D eigenvalue weighted by atomic mass is 10.2. The molecule has 1 amide bonds. The minimum atomic E-state index is -0.474. The molecule has 13 heavy (non-hydrogen) atoms. The van der Waals surface area contributed by atoms with E-state index in [9.17, 15) is 9.18 Å². The van der Waals surface area contributed by atoms with E-state index in [0.717, 1.165) is 3.57 Å². The van der Waals surface area contributed by atoms with Crippen molar-refractivity contribution in [2.75, 3.05) is 6.54 Å². The Labute approximate surface area is 89.7 Å². The van der Waals surface area contributed by atoms with Crippen LogP contribution in [0.25, 0.3) is 0 Å². The molecule has 0 aliphatic rings. The summed E-state index contributed by atoms with van der Waals surface area (Å²) in [6, 6.07) is 4.53. The van der Waals surface area contributed by atoms with Crippen molar-refractivity contribution in [2.24, 2.45) is 0 Å². The lowest BCUT2D eigenvalue weighted by Crippen LogP contribution is -2.23. The molecular formula is C9H9FINO. The molecule has 0 bridgehead atoms. The number of halogens is 2. The average Bonchev–Trinajstić information content (AvgIpc) is 2.04. The highest BCUT2D eigenvalue weighted by atomic mass is 127. The first-order chi connectivity index (χ1) is 6.15. The predicted octanol–water partition coefficient (Wildman–Crippen LogP) is 2.18. The van der Waals surface area contributed by atoms with Crippen molar-refractivity contribution in [3.8, 4) is 0 Å². The zero-order valence-electron chi connectivity index (χ0n) is 7.10. The van der Waals surface area contributed by atoms with Gasteiger partial charge < -0.3 is 5.32 Å². The van der Waals surface area contributed by atoms with Gasteiger partial charge in [-0.1, -0.05) is 0 Å². The fourth-order valence-corrected chi connectivity index (χ4v) is 1.38. The van der Waals surface area contributed by atoms with Gasteiger partial charge in [0, 0.05) is 10.1 Å². The molecule has 0 aromatic heterocycles. The van der Waals surface area contributed by atoms with Crippen LogP contribution in [0, 0.1) is 9.39 Å². The minimum absolute atomic E-state index is 0.0993. The maximum absolute atomic E-state index is 13.2. The van der Waals surface area contributed by atoms with Gasteiger partial charge in [-0.25, -0.2) is 4.39 Å². The topological polar surface area (TPSA) is 29.1 Å². The Bertz CT molecular complexity index is 327. The summed E-state index contributed by atoms with van der Waals surface area (Å²) >= 11 is 2.00. The van der Waals surface area contributed by atoms with Crippen LogP contribution in [-0.2, 0) is 0 Å². The number of carbonyl (C=O) groups is 1. The van der Waals surface area contributed by atoms with E-state index in [4.69, 9.17) is 0 Å². The van der Waals surface area contributed by atoms with Crippen molar-refractivity contribution < 1.29 is 9.18 Å². The van der Waals surface area contributed by atoms with Crippen molar-refractivity contribution in [1.29, 1.82) is 0 Å². The zero-order valence-corrected chi connectivity index (χ0v) is 9.26. The Morgan fingerprint density at radius 1 is 1.62 bits per heavy atom. The van der Waals surface area contributed by atoms with Gasteiger partial charge in [-0.2, -0.15) is 0 Å². The quantitative estimate of drug-likeness (QED) is 0.832. The Balaban J connectivity index is 2.95. The first-order valence-corrected chi connectivity index (χ1v) is 4.96. The maximum atomic E-state index is 13.2. The second-order valence-electron chi connectivity index (χ2n) is 2.48. The first-order valence-electron chi connectivity index (χ1n) is 3.88. The number of hydrogen-bond acceptors (Lipinski definition) is 1. The number of rotatable bonds is 2. The van der Waals surface area contributed by atoms with Crippen LogP contribution in [0.1, 0.15) is 17.3 Å². The van der Waals surface area contributed by atoms with Gasteiger partial charge in [0.05, 0.1) is 5.56 Å². The highest BCUT2D eigenvalue weighted by molar-refractivity contribution is 14.1. The summed E-state index contributed by atoms with van der Waals surface area (Å²) in [4.78, 5) is 11.2. The van der Waals surface area contributed by atoms with Gasteiger partial charge in [-0.3, -0.25) is 4.79 Å². The summed E-state index contributed by atoms with van der Waals surface area (Å²) in [7, 11) is 0. The molecule has 2 nitrogen and oxygen atoms in total. The highest BCUT2D eigenvalue weighted by Crippen LogP contribution is 2.11. The number of nitrogens with one attached hydrogen (secondary N) is 1. The third kappa shape index (κ3) is 2.65. The van der Waals surface area contributed by atoms with Crippen molar-refractivity contribution in [3.63, 3.8) is 0 Å². The van der Waals surface area contributed by atoms with E-state index in [2.05, 4.69) is 5.32 Å². The minimum Gasteiger partial charge on any atom is -0.352 e. The zero-order chi connectivity index (χ0) is 9.84. The summed E-state index contributed by atoms with van der Waals surface area (Å²) in [6.45, 7) is 2.30. The molecule has 1 N–H and O–H groups in total. The molecule has 0 aliphatic heterocycles. The number of carbonyl (C=O) groups excluding carboxylic acids is 1. The third-order valence-corrected chi connectivity index (χ3v) is 2.18. The van der Waals surface area contributed by atoms with E-state index in [-0.39, 0.29) is 11.5 Å². The Morgan fingerprint density at radius 3 is 2.85 bits per heavy atom. The molecule has 0 unspecified atom stereocenters. The molecule has 0 saturated carbocycles. The molecule has 1 aromatic rings. The van der Waals surface area contributed by atoms with Crippen LogP contribution < -0.4 is 5.32 Å². The molecule has 1 aromatic carbocycles. The van der Waals surface area contributed by atoms with Crippen molar-refractivity contribution >= 4 is 28.5 Å². The molecule has 0 fully saturated rings. The lowest BCUT2D eigenvalue weighted by molar-refractivity contribution is 0.0952. The summed E-state index contributed by atoms with van der Waals surface area (Å²) in [5.41, 5.74) is 0.0993. The molecule has 0 saturated heterocycles. The number of hydrogen-bond donors (Lipinski definition) is 1. The van der Waals surface area contributed by atoms with E-state index in [1.165, 1.54) is 12.1 Å². The van der Waals surface area contributed by atoms with Gasteiger partial charge in [0.25, 0.3) is 5.91 Å². The van der Waals surface area contributed by atoms with Gasteiger partial charge in [0.15, 0.2) is 0 Å². The molecule has 1 rings (SSSR count). The highest BCUT2D eigenvalue weighted by Gasteiger charge is 2.09. The smallest absolute Gasteiger partial charge is 0.254 e. The van der Waals surface area contributed by atoms with E-state index >= 15 is 0 Å². The van der Waals surface area contributed by atoms with Crippen LogP contribution in [-0.4, -0.2) is 12.5 Å². The Morgan fingerprint density at radius 2 is 2.31 bits per heavy atom. The molecule has 4 heteroatoms. The predicted molar refractivity (Wildman–Crippen MR) is 57.1 cm³/mol. The van der Waals surface area contributed by atoms with E-state index in [1.54, 1.807) is 13.0 Å². The van der Waals surface area contributed by atoms with Gasteiger partial charge >= 0.3 is 0 Å². The average molecular weight is 293 g/mol. The fourth-order valence-electron chi connectivity index (χ4n) is 0.929. The summed E-state index contributed by atoms with van der Waals surface area (Å²) in [5, 5.41) is 2.54. The lowest BCUT2D eigenvalue weighted by Gasteiger charge is -2.03. The molecule has 0 atom stereocenters. The molecule has 70 valence electrons. The van der Waals surface area contributed by atoms with E-state index in [1.807, 2.05) is 22.6 Å². The van der Waals surface area contributed by atoms with Crippen LogP contribution in [0.5, 0.6) is 0 Å². The summed E-state index contributed by atoms with van der Waals surface area (Å²) in [5.74, 6) is -0.839. The van der Waals surface area contributed by atoms with E-state index in [0.29, 0.717) is 6.54 Å². The van der Waals surface area contributed by atoms with Crippen LogP contribution in [0.3, 0.4) is 0 Å². The Kier molecular flexibility index (Phi) is 3.65. The van der Waals surface area contributed by atoms with Gasteiger partial charge in [0.2, 0.25) is 0 Å². The van der Waals surface area contributed by atoms with Crippen molar-refractivity contribution in [3.05, 3.63) is 33.1 Å². The van der Waals surface area contributed by atoms with Gasteiger partial charge in [-0.05, 0) is 47.7 Å². The fraction of sp³-hybridized carbons (Fsp3) is 0.222. The normalized spacial score (nSPS) is 9.77. The Hall–Kier alpha value is -0.650. The van der Waals surface area contributed by atoms with Gasteiger partial charge in [0.1, 0.15) is 5.82 Å². The maximum Gasteiger partial charge on any atom is 0.254 e. The summed E-state index contributed by atoms with van der Waals surface area (Å²) < 4.78 is 13.9. The molecule has 0 aliphatic carbocycles. The first kappa shape index (κ1) is 10.4. The van der Waals surface area contributed by atoms with Gasteiger partial charge in [-0.15, -0.1) is 0 Å². The SMILES string of the molecule is CCNC(=O)c1ccc(I)cc1F. The molecule has 0 radical (unpaired) electrons. The molecular weight excluding hydrogens is 284 g/mol. The molecule has 0 spiro atoms. The molecule has 0 heterocycles. The second-order valence-corrected chi connectivity index (χ2v) is 3.73. The number of benzene rings is 1.